The number of halogens is 1. The van der Waals surface area contributed by atoms with Crippen molar-refractivity contribution in [2.45, 2.75) is 64.2 Å². The normalized spacial score (nSPS) is 12.8. The number of hydrogen-bond acceptors (Lipinski definition) is 8. The summed E-state index contributed by atoms with van der Waals surface area (Å²) in [7, 11) is 3.30. The summed E-state index contributed by atoms with van der Waals surface area (Å²) >= 11 is 3.39. The van der Waals surface area contributed by atoms with Gasteiger partial charge in [-0.05, 0) is 35.1 Å². The van der Waals surface area contributed by atoms with Crippen molar-refractivity contribution < 1.29 is 23.9 Å². The van der Waals surface area contributed by atoms with Gasteiger partial charge in [0.05, 0.1) is 48.8 Å². The van der Waals surface area contributed by atoms with Crippen molar-refractivity contribution in [3.8, 4) is 0 Å². The van der Waals surface area contributed by atoms with Gasteiger partial charge in [0.2, 0.25) is 11.8 Å². The zero-order valence-electron chi connectivity index (χ0n) is 30.9. The van der Waals surface area contributed by atoms with Crippen LogP contribution in [0.25, 0.3) is 0 Å². The van der Waals surface area contributed by atoms with Crippen LogP contribution in [-0.2, 0) is 66.0 Å². The highest BCUT2D eigenvalue weighted by Crippen LogP contribution is 2.23. The van der Waals surface area contributed by atoms with E-state index >= 15 is 0 Å². The van der Waals surface area contributed by atoms with Crippen LogP contribution < -0.4 is 22.1 Å². The first-order chi connectivity index (χ1) is 25.4. The lowest BCUT2D eigenvalue weighted by molar-refractivity contribution is -0.116. The maximum Gasteiger partial charge on any atom is 0.269 e. The van der Waals surface area contributed by atoms with Crippen LogP contribution in [0.2, 0.25) is 0 Å². The molecule has 0 atom stereocenters. The largest absolute Gasteiger partial charge is 0.379 e. The van der Waals surface area contributed by atoms with E-state index in [1.54, 1.807) is 14.1 Å². The van der Waals surface area contributed by atoms with E-state index in [0.717, 1.165) is 67.7 Å². The number of aromatic nitrogens is 4. The van der Waals surface area contributed by atoms with Crippen LogP contribution in [0.1, 0.15) is 81.3 Å². The Bertz CT molecular complexity index is 1860. The van der Waals surface area contributed by atoms with Crippen molar-refractivity contribution in [3.63, 3.8) is 0 Å². The van der Waals surface area contributed by atoms with Crippen LogP contribution in [0.3, 0.4) is 0 Å². The van der Waals surface area contributed by atoms with Gasteiger partial charge in [-0.3, -0.25) is 33.4 Å². The van der Waals surface area contributed by atoms with Crippen LogP contribution >= 0.6 is 15.9 Å². The Balaban J connectivity index is 0.000000241. The average molecular weight is 793 g/mol. The predicted molar refractivity (Wildman–Crippen MR) is 208 cm³/mol. The van der Waals surface area contributed by atoms with Crippen LogP contribution in [0.4, 0.5) is 11.4 Å². The Labute approximate surface area is 318 Å². The molecule has 4 aromatic rings. The molecule has 6 N–H and O–H groups in total. The molecule has 0 radical (unpaired) electrons. The van der Waals surface area contributed by atoms with E-state index in [1.165, 1.54) is 14.9 Å². The van der Waals surface area contributed by atoms with Crippen molar-refractivity contribution in [3.05, 3.63) is 93.6 Å². The Morgan fingerprint density at radius 2 is 1.09 bits per heavy atom. The standard InChI is InChI=1S/C21H29N5O3.C17H21BrN4O2/c1-3-4-17-19(20(21(22)28)25(2)24-17)23-18(27)13-15-5-7-16(8-6-15)14-26-9-11-29-12-10-26;1-3-4-13-15(16(17(19)24)22(2)21-13)20-14(23)9-11-5-7-12(10-18)8-6-11/h5-8H,3-4,9-14H2,1-2H3,(H2,22,28)(H,23,27);5-8H,3-4,9-10H2,1-2H3,(H2,19,24)(H,20,23). The highest BCUT2D eigenvalue weighted by molar-refractivity contribution is 9.08. The lowest BCUT2D eigenvalue weighted by Gasteiger charge is -2.26. The molecule has 0 spiro atoms. The Hall–Kier alpha value is -4.86. The molecule has 14 nitrogen and oxygen atoms in total. The molecule has 0 unspecified atom stereocenters. The zero-order valence-corrected chi connectivity index (χ0v) is 32.5. The maximum atomic E-state index is 12.6. The molecule has 53 heavy (non-hydrogen) atoms. The molecule has 3 heterocycles. The second-order valence-corrected chi connectivity index (χ2v) is 13.5. The molecule has 0 saturated carbocycles. The number of carbonyl (C=O) groups excluding carboxylic acids is 4. The lowest BCUT2D eigenvalue weighted by Crippen LogP contribution is -2.35. The van der Waals surface area contributed by atoms with Gasteiger partial charge in [-0.15, -0.1) is 0 Å². The fourth-order valence-electron chi connectivity index (χ4n) is 6.07. The third-order valence-electron chi connectivity index (χ3n) is 8.65. The second kappa shape index (κ2) is 19.8. The number of ether oxygens (including phenoxy) is 1. The highest BCUT2D eigenvalue weighted by Gasteiger charge is 2.23. The number of alkyl halides is 1. The number of nitrogens with two attached hydrogens (primary N) is 2. The summed E-state index contributed by atoms with van der Waals surface area (Å²) in [5.41, 5.74) is 17.7. The summed E-state index contributed by atoms with van der Waals surface area (Å²) in [5, 5.41) is 15.1. The van der Waals surface area contributed by atoms with Gasteiger partial charge in [-0.1, -0.05) is 91.1 Å². The third-order valence-corrected chi connectivity index (χ3v) is 9.30. The van der Waals surface area contributed by atoms with Gasteiger partial charge in [0.25, 0.3) is 11.8 Å². The monoisotopic (exact) mass is 791 g/mol. The molecule has 2 aromatic heterocycles. The number of rotatable bonds is 15. The van der Waals surface area contributed by atoms with E-state index in [-0.39, 0.29) is 36.0 Å². The first-order valence-electron chi connectivity index (χ1n) is 17.8. The highest BCUT2D eigenvalue weighted by atomic mass is 79.9. The Morgan fingerprint density at radius 1 is 0.698 bits per heavy atom. The van der Waals surface area contributed by atoms with Crippen LogP contribution in [0, 0.1) is 0 Å². The minimum absolute atomic E-state index is 0.196. The van der Waals surface area contributed by atoms with E-state index in [9.17, 15) is 19.2 Å². The van der Waals surface area contributed by atoms with Crippen molar-refractivity contribution in [1.29, 1.82) is 0 Å². The maximum absolute atomic E-state index is 12.6. The number of amides is 4. The third kappa shape index (κ3) is 11.6. The number of morpholine rings is 1. The predicted octanol–water partition coefficient (Wildman–Crippen LogP) is 4.03. The minimum atomic E-state index is -0.607. The smallest absolute Gasteiger partial charge is 0.269 e. The number of hydrogen-bond donors (Lipinski definition) is 4. The molecule has 284 valence electrons. The van der Waals surface area contributed by atoms with Crippen molar-refractivity contribution in [1.82, 2.24) is 24.5 Å². The molecule has 0 bridgehead atoms. The number of nitrogens with zero attached hydrogens (tertiary/aromatic N) is 5. The van der Waals surface area contributed by atoms with Gasteiger partial charge >= 0.3 is 0 Å². The van der Waals surface area contributed by atoms with Gasteiger partial charge in [0.15, 0.2) is 0 Å². The Morgan fingerprint density at radius 3 is 1.47 bits per heavy atom. The number of carbonyl (C=O) groups is 4. The molecule has 1 aliphatic rings. The van der Waals surface area contributed by atoms with Gasteiger partial charge in [0.1, 0.15) is 11.4 Å². The molecule has 4 amide bonds. The molecule has 1 fully saturated rings. The van der Waals surface area contributed by atoms with Crippen LogP contribution in [0.15, 0.2) is 48.5 Å². The van der Waals surface area contributed by atoms with Gasteiger partial charge in [-0.25, -0.2) is 0 Å². The zero-order chi connectivity index (χ0) is 38.5. The fraction of sp³-hybridized carbons (Fsp3) is 0.421. The molecule has 1 aliphatic heterocycles. The number of aryl methyl sites for hydroxylation is 4. The van der Waals surface area contributed by atoms with E-state index in [1.807, 2.05) is 50.2 Å². The van der Waals surface area contributed by atoms with Crippen LogP contribution in [-0.4, -0.2) is 74.4 Å². The van der Waals surface area contributed by atoms with Crippen molar-refractivity contribution in [2.24, 2.45) is 25.6 Å². The number of anilines is 2. The summed E-state index contributed by atoms with van der Waals surface area (Å²) in [4.78, 5) is 50.8. The van der Waals surface area contributed by atoms with E-state index in [0.29, 0.717) is 35.6 Å². The molecule has 5 rings (SSSR count). The van der Waals surface area contributed by atoms with Crippen molar-refractivity contribution >= 4 is 50.9 Å². The second-order valence-electron chi connectivity index (χ2n) is 12.9. The summed E-state index contributed by atoms with van der Waals surface area (Å²) in [5.74, 6) is -1.61. The van der Waals surface area contributed by atoms with Crippen molar-refractivity contribution in [2.75, 3.05) is 36.9 Å². The summed E-state index contributed by atoms with van der Waals surface area (Å²) in [6.07, 6.45) is 3.47. The quantitative estimate of drug-likeness (QED) is 0.130. The molecular weight excluding hydrogens is 742 g/mol. The fourth-order valence-corrected chi connectivity index (χ4v) is 6.45. The van der Waals surface area contributed by atoms with E-state index in [2.05, 4.69) is 53.8 Å². The SMILES string of the molecule is CCCc1nn(C)c(C(N)=O)c1NC(=O)Cc1ccc(CBr)cc1.CCCc1nn(C)c(C(N)=O)c1NC(=O)Cc1ccc(CN2CCOCC2)cc1. The number of benzene rings is 2. The summed E-state index contributed by atoms with van der Waals surface area (Å²) in [6.45, 7) is 8.35. The molecular formula is C38H50BrN9O5. The molecule has 1 saturated heterocycles. The Kier molecular flexibility index (Phi) is 15.3. The van der Waals surface area contributed by atoms with Gasteiger partial charge < -0.3 is 26.8 Å². The minimum Gasteiger partial charge on any atom is -0.379 e. The first-order valence-corrected chi connectivity index (χ1v) is 18.9. The van der Waals surface area contributed by atoms with E-state index < -0.39 is 11.8 Å². The van der Waals surface area contributed by atoms with Crippen LogP contribution in [0.5, 0.6) is 0 Å². The molecule has 15 heteroatoms. The molecule has 0 aliphatic carbocycles. The number of primary amides is 2. The molecule has 2 aromatic carbocycles. The van der Waals surface area contributed by atoms with E-state index in [4.69, 9.17) is 16.2 Å². The lowest BCUT2D eigenvalue weighted by atomic mass is 10.1. The first kappa shape index (κ1) is 40.9. The topological polar surface area (TPSA) is 192 Å². The van der Waals surface area contributed by atoms with Gasteiger partial charge in [0, 0.05) is 39.1 Å². The average Bonchev–Trinajstić information content (AvgIpc) is 3.60. The summed E-state index contributed by atoms with van der Waals surface area (Å²) in [6, 6.07) is 15.8. The van der Waals surface area contributed by atoms with Gasteiger partial charge in [-0.2, -0.15) is 10.2 Å². The summed E-state index contributed by atoms with van der Waals surface area (Å²) < 4.78 is 8.23. The number of nitrogens with one attached hydrogen (secondary N) is 2.